The number of ketones is 1. The summed E-state index contributed by atoms with van der Waals surface area (Å²) >= 11 is 0. The van der Waals surface area contributed by atoms with Crippen LogP contribution in [0.2, 0.25) is 0 Å². The summed E-state index contributed by atoms with van der Waals surface area (Å²) < 4.78 is 0. The minimum atomic E-state index is 0.0411. The van der Waals surface area contributed by atoms with Gasteiger partial charge in [0, 0.05) is 24.0 Å². The lowest BCUT2D eigenvalue weighted by Crippen LogP contribution is -2.16. The molecule has 0 unspecified atom stereocenters. The summed E-state index contributed by atoms with van der Waals surface area (Å²) in [6, 6.07) is 9.95. The van der Waals surface area contributed by atoms with Crippen molar-refractivity contribution in [1.29, 1.82) is 0 Å². The Kier molecular flexibility index (Phi) is 5.65. The Morgan fingerprint density at radius 3 is 2.82 bits per heavy atom. The van der Waals surface area contributed by atoms with Crippen LogP contribution in [0.4, 0.5) is 0 Å². The molecular formula is C17H20N4O. The number of aliphatic imine (C=N–C) groups is 1. The third-order valence-corrected chi connectivity index (χ3v) is 2.94. The molecule has 0 radical (unpaired) electrons. The van der Waals surface area contributed by atoms with Gasteiger partial charge in [-0.05, 0) is 19.9 Å². The van der Waals surface area contributed by atoms with Gasteiger partial charge in [-0.1, -0.05) is 30.3 Å². The molecule has 0 amide bonds. The molecule has 0 aliphatic rings. The summed E-state index contributed by atoms with van der Waals surface area (Å²) in [5.41, 5.74) is 2.78. The maximum absolute atomic E-state index is 10.9. The minimum Gasteiger partial charge on any atom is -0.387 e. The number of nitrogens with zero attached hydrogens (tertiary/aromatic N) is 2. The number of imidazole rings is 1. The van der Waals surface area contributed by atoms with Crippen molar-refractivity contribution in [1.82, 2.24) is 15.3 Å². The quantitative estimate of drug-likeness (QED) is 0.469. The van der Waals surface area contributed by atoms with Gasteiger partial charge in [0.25, 0.3) is 0 Å². The molecule has 0 aliphatic carbocycles. The van der Waals surface area contributed by atoms with E-state index in [1.54, 1.807) is 18.5 Å². The van der Waals surface area contributed by atoms with Crippen molar-refractivity contribution in [2.24, 2.45) is 4.99 Å². The number of benzene rings is 1. The molecule has 5 nitrogen and oxygen atoms in total. The summed E-state index contributed by atoms with van der Waals surface area (Å²) in [4.78, 5) is 22.8. The Hall–Kier alpha value is -2.69. The van der Waals surface area contributed by atoms with Gasteiger partial charge >= 0.3 is 0 Å². The first-order valence-corrected chi connectivity index (χ1v) is 7.18. The summed E-state index contributed by atoms with van der Waals surface area (Å²) in [5, 5.41) is 3.13. The van der Waals surface area contributed by atoms with Crippen LogP contribution < -0.4 is 5.32 Å². The van der Waals surface area contributed by atoms with E-state index in [4.69, 9.17) is 0 Å². The number of carbonyl (C=O) groups is 1. The highest BCUT2D eigenvalue weighted by Gasteiger charge is 2.00. The molecule has 2 aromatic rings. The fraction of sp³-hybridized carbons (Fsp3) is 0.235. The van der Waals surface area contributed by atoms with Crippen molar-refractivity contribution in [3.05, 3.63) is 54.0 Å². The normalized spacial score (nSPS) is 11.8. The number of carbonyl (C=O) groups excluding carboxylic acids is 1. The second-order valence-corrected chi connectivity index (χ2v) is 4.95. The van der Waals surface area contributed by atoms with Crippen molar-refractivity contribution >= 4 is 12.0 Å². The van der Waals surface area contributed by atoms with E-state index in [2.05, 4.69) is 20.3 Å². The zero-order valence-electron chi connectivity index (χ0n) is 12.8. The molecule has 1 aromatic heterocycles. The summed E-state index contributed by atoms with van der Waals surface area (Å²) in [6.07, 6.45) is 5.11. The molecule has 0 aliphatic heterocycles. The molecule has 1 aromatic carbocycles. The van der Waals surface area contributed by atoms with Crippen LogP contribution in [0, 0.1) is 0 Å². The van der Waals surface area contributed by atoms with Crippen LogP contribution in [0.25, 0.3) is 11.4 Å². The highest BCUT2D eigenvalue weighted by Crippen LogP contribution is 2.13. The lowest BCUT2D eigenvalue weighted by atomic mass is 10.2. The van der Waals surface area contributed by atoms with Crippen molar-refractivity contribution in [3.63, 3.8) is 0 Å². The number of rotatable bonds is 7. The number of hydrogen-bond donors (Lipinski definition) is 2. The maximum Gasteiger partial charge on any atom is 0.154 e. The van der Waals surface area contributed by atoms with Gasteiger partial charge in [-0.15, -0.1) is 0 Å². The molecule has 0 bridgehead atoms. The number of hydrogen-bond acceptors (Lipinski definition) is 4. The van der Waals surface area contributed by atoms with Crippen LogP contribution in [0.1, 0.15) is 19.5 Å². The summed E-state index contributed by atoms with van der Waals surface area (Å²) in [6.45, 7) is 4.71. The number of aromatic nitrogens is 2. The van der Waals surface area contributed by atoms with Gasteiger partial charge in [-0.25, -0.2) is 4.98 Å². The van der Waals surface area contributed by atoms with E-state index in [1.165, 1.54) is 6.92 Å². The van der Waals surface area contributed by atoms with Gasteiger partial charge in [0.05, 0.1) is 18.4 Å². The van der Waals surface area contributed by atoms with Gasteiger partial charge in [0.2, 0.25) is 0 Å². The average molecular weight is 296 g/mol. The van der Waals surface area contributed by atoms with Gasteiger partial charge in [-0.2, -0.15) is 0 Å². The van der Waals surface area contributed by atoms with Crippen LogP contribution >= 0.6 is 0 Å². The maximum atomic E-state index is 10.9. The highest BCUT2D eigenvalue weighted by atomic mass is 16.1. The molecule has 114 valence electrons. The fourth-order valence-electron chi connectivity index (χ4n) is 1.98. The molecule has 22 heavy (non-hydrogen) atoms. The average Bonchev–Trinajstić information content (AvgIpc) is 2.96. The van der Waals surface area contributed by atoms with Crippen LogP contribution in [0.3, 0.4) is 0 Å². The van der Waals surface area contributed by atoms with E-state index in [0.717, 1.165) is 22.8 Å². The van der Waals surface area contributed by atoms with E-state index >= 15 is 0 Å². The van der Waals surface area contributed by atoms with Gasteiger partial charge in [-0.3, -0.25) is 9.79 Å². The van der Waals surface area contributed by atoms with Crippen LogP contribution in [0.15, 0.2) is 53.3 Å². The zero-order valence-corrected chi connectivity index (χ0v) is 12.8. The third-order valence-electron chi connectivity index (χ3n) is 2.94. The Morgan fingerprint density at radius 2 is 2.09 bits per heavy atom. The molecule has 2 N–H and O–H groups in total. The number of nitrogens with one attached hydrogen (secondary N) is 2. The van der Waals surface area contributed by atoms with Crippen molar-refractivity contribution in [2.45, 2.75) is 13.8 Å². The molecule has 0 saturated carbocycles. The van der Waals surface area contributed by atoms with Gasteiger partial charge in [0.1, 0.15) is 5.82 Å². The van der Waals surface area contributed by atoms with E-state index < -0.39 is 0 Å². The lowest BCUT2D eigenvalue weighted by molar-refractivity contribution is -0.112. The second-order valence-electron chi connectivity index (χ2n) is 4.95. The van der Waals surface area contributed by atoms with Crippen LogP contribution in [-0.4, -0.2) is 35.1 Å². The van der Waals surface area contributed by atoms with E-state index in [-0.39, 0.29) is 5.78 Å². The summed E-state index contributed by atoms with van der Waals surface area (Å²) in [7, 11) is 0. The predicted octanol–water partition coefficient (Wildman–Crippen LogP) is 2.58. The number of aromatic amines is 1. The largest absolute Gasteiger partial charge is 0.387 e. The van der Waals surface area contributed by atoms with E-state index in [0.29, 0.717) is 13.1 Å². The molecule has 0 spiro atoms. The molecular weight excluding hydrogens is 276 g/mol. The van der Waals surface area contributed by atoms with Crippen molar-refractivity contribution < 1.29 is 4.79 Å². The second kappa shape index (κ2) is 7.93. The Balaban J connectivity index is 1.82. The lowest BCUT2D eigenvalue weighted by Gasteiger charge is -2.02. The van der Waals surface area contributed by atoms with Gasteiger partial charge < -0.3 is 10.3 Å². The molecule has 0 atom stereocenters. The first-order valence-electron chi connectivity index (χ1n) is 7.18. The van der Waals surface area contributed by atoms with Gasteiger partial charge in [0.15, 0.2) is 5.78 Å². The number of allylic oxidation sites excluding steroid dienone is 2. The van der Waals surface area contributed by atoms with Crippen molar-refractivity contribution in [2.75, 3.05) is 13.1 Å². The Bertz CT molecular complexity index is 671. The van der Waals surface area contributed by atoms with Crippen LogP contribution in [-0.2, 0) is 4.79 Å². The standard InChI is InChI=1S/C17H20N4O/c1-13(10-14(2)22)19-9-8-18-11-16-12-20-17(21-16)15-6-4-3-5-7-15/h3-7,10-12,19H,8-9H2,1-2H3,(H,20,21)/b13-10+,18-11?. The monoisotopic (exact) mass is 296 g/mol. The molecule has 2 rings (SSSR count). The Morgan fingerprint density at radius 1 is 1.32 bits per heavy atom. The topological polar surface area (TPSA) is 70.1 Å². The fourth-order valence-corrected chi connectivity index (χ4v) is 1.98. The number of H-pyrrole nitrogens is 1. The molecule has 0 fully saturated rings. The highest BCUT2D eigenvalue weighted by molar-refractivity contribution is 5.87. The third kappa shape index (κ3) is 5.01. The first kappa shape index (κ1) is 15.7. The predicted molar refractivity (Wildman–Crippen MR) is 88.9 cm³/mol. The minimum absolute atomic E-state index is 0.0411. The SMILES string of the molecule is CC(=O)/C=C(\C)NCCN=Cc1cnc(-c2ccccc2)[nH]1. The zero-order chi connectivity index (χ0) is 15.8. The van der Waals surface area contributed by atoms with E-state index in [9.17, 15) is 4.79 Å². The molecule has 1 heterocycles. The van der Waals surface area contributed by atoms with Crippen LogP contribution in [0.5, 0.6) is 0 Å². The van der Waals surface area contributed by atoms with Crippen molar-refractivity contribution in [3.8, 4) is 11.4 Å². The Labute approximate surface area is 130 Å². The smallest absolute Gasteiger partial charge is 0.154 e. The molecule has 0 saturated heterocycles. The van der Waals surface area contributed by atoms with E-state index in [1.807, 2.05) is 37.3 Å². The summed E-state index contributed by atoms with van der Waals surface area (Å²) in [5.74, 6) is 0.875. The molecule has 5 heteroatoms. The first-order chi connectivity index (χ1) is 10.6.